The largest absolute Gasteiger partial charge is 0.390 e. The highest BCUT2D eigenvalue weighted by Gasteiger charge is 2.39. The summed E-state index contributed by atoms with van der Waals surface area (Å²) in [6, 6.07) is 8.63. The van der Waals surface area contributed by atoms with Crippen LogP contribution in [0.1, 0.15) is 43.2 Å². The molecule has 1 aliphatic rings. The predicted octanol–water partition coefficient (Wildman–Crippen LogP) is 2.21. The Balaban J connectivity index is 1.91. The Morgan fingerprint density at radius 3 is 2.44 bits per heavy atom. The van der Waals surface area contributed by atoms with Crippen molar-refractivity contribution in [2.75, 3.05) is 6.54 Å². The molecule has 0 heterocycles. The average Bonchev–Trinajstić information content (AvgIpc) is 3.05. The van der Waals surface area contributed by atoms with Crippen LogP contribution in [0.2, 0.25) is 0 Å². The second-order valence-corrected chi connectivity index (χ2v) is 5.10. The van der Waals surface area contributed by atoms with Gasteiger partial charge in [0.05, 0.1) is 5.60 Å². The molecule has 1 aromatic rings. The fourth-order valence-corrected chi connectivity index (χ4v) is 1.92. The second kappa shape index (κ2) is 4.56. The fraction of sp³-hybridized carbons (Fsp3) is 0.571. The lowest BCUT2D eigenvalue weighted by atomic mass is 9.98. The molecule has 0 amide bonds. The van der Waals surface area contributed by atoms with E-state index < -0.39 is 0 Å². The molecule has 88 valence electrons. The Kier molecular flexibility index (Phi) is 3.31. The number of nitrogens with two attached hydrogens (primary N) is 1. The Morgan fingerprint density at radius 2 is 1.94 bits per heavy atom. The van der Waals surface area contributed by atoms with Gasteiger partial charge in [-0.15, -0.1) is 0 Å². The monoisotopic (exact) mass is 219 g/mol. The average molecular weight is 219 g/mol. The molecule has 1 unspecified atom stereocenters. The van der Waals surface area contributed by atoms with E-state index in [2.05, 4.69) is 31.2 Å². The van der Waals surface area contributed by atoms with Gasteiger partial charge in [0.1, 0.15) is 0 Å². The van der Waals surface area contributed by atoms with Crippen LogP contribution in [-0.2, 0) is 6.42 Å². The summed E-state index contributed by atoms with van der Waals surface area (Å²) in [4.78, 5) is 0. The van der Waals surface area contributed by atoms with Crippen molar-refractivity contribution in [2.45, 2.75) is 44.1 Å². The Hall–Kier alpha value is -0.860. The molecule has 0 spiro atoms. The lowest BCUT2D eigenvalue weighted by molar-refractivity contribution is 0.140. The maximum absolute atomic E-state index is 9.75. The van der Waals surface area contributed by atoms with Crippen molar-refractivity contribution in [1.82, 2.24) is 0 Å². The van der Waals surface area contributed by atoms with Crippen LogP contribution in [0.5, 0.6) is 0 Å². The first kappa shape index (κ1) is 11.6. The molecular weight excluding hydrogens is 198 g/mol. The van der Waals surface area contributed by atoms with Crippen molar-refractivity contribution in [1.29, 1.82) is 0 Å². The molecule has 0 aliphatic heterocycles. The normalized spacial score (nSPS) is 19.4. The third-order valence-corrected chi connectivity index (χ3v) is 3.61. The summed E-state index contributed by atoms with van der Waals surface area (Å²) < 4.78 is 0. The maximum atomic E-state index is 9.75. The number of aliphatic hydroxyl groups is 1. The zero-order valence-corrected chi connectivity index (χ0v) is 9.95. The van der Waals surface area contributed by atoms with Crippen LogP contribution in [0.4, 0.5) is 0 Å². The van der Waals surface area contributed by atoms with E-state index in [1.165, 1.54) is 11.1 Å². The van der Waals surface area contributed by atoms with Crippen LogP contribution in [0.3, 0.4) is 0 Å². The number of benzene rings is 1. The molecule has 1 atom stereocenters. The maximum Gasteiger partial charge on any atom is 0.0653 e. The van der Waals surface area contributed by atoms with Crippen LogP contribution in [0.25, 0.3) is 0 Å². The van der Waals surface area contributed by atoms with E-state index in [-0.39, 0.29) is 5.60 Å². The smallest absolute Gasteiger partial charge is 0.0653 e. The minimum atomic E-state index is -0.330. The number of rotatable bonds is 5. The van der Waals surface area contributed by atoms with Crippen LogP contribution >= 0.6 is 0 Å². The molecule has 1 aliphatic carbocycles. The topological polar surface area (TPSA) is 46.2 Å². The highest BCUT2D eigenvalue weighted by atomic mass is 16.3. The van der Waals surface area contributed by atoms with Gasteiger partial charge in [-0.05, 0) is 49.3 Å². The van der Waals surface area contributed by atoms with Gasteiger partial charge in [0.2, 0.25) is 0 Å². The molecule has 0 saturated heterocycles. The minimum absolute atomic E-state index is 0.330. The zero-order chi connectivity index (χ0) is 11.6. The van der Waals surface area contributed by atoms with E-state index in [0.29, 0.717) is 12.5 Å². The second-order valence-electron chi connectivity index (χ2n) is 5.10. The van der Waals surface area contributed by atoms with Gasteiger partial charge in [-0.25, -0.2) is 0 Å². The Labute approximate surface area is 97.5 Å². The molecule has 0 radical (unpaired) electrons. The molecule has 3 N–H and O–H groups in total. The van der Waals surface area contributed by atoms with Crippen LogP contribution in [0.15, 0.2) is 24.3 Å². The van der Waals surface area contributed by atoms with E-state index in [1.54, 1.807) is 0 Å². The standard InChI is InChI=1S/C14H21NO/c1-11(10-15)13-4-2-12(3-5-13)6-7-14(16)8-9-14/h2-5,11,16H,6-10,15H2,1H3. The molecule has 0 bridgehead atoms. The van der Waals surface area contributed by atoms with E-state index in [9.17, 15) is 5.11 Å². The van der Waals surface area contributed by atoms with Gasteiger partial charge in [-0.1, -0.05) is 31.2 Å². The first-order chi connectivity index (χ1) is 7.63. The fourth-order valence-electron chi connectivity index (χ4n) is 1.92. The highest BCUT2D eigenvalue weighted by Crippen LogP contribution is 2.39. The van der Waals surface area contributed by atoms with Gasteiger partial charge in [-0.3, -0.25) is 0 Å². The molecule has 2 nitrogen and oxygen atoms in total. The van der Waals surface area contributed by atoms with Crippen molar-refractivity contribution < 1.29 is 5.11 Å². The van der Waals surface area contributed by atoms with Crippen LogP contribution < -0.4 is 5.73 Å². The molecule has 1 saturated carbocycles. The van der Waals surface area contributed by atoms with E-state index in [1.807, 2.05) is 0 Å². The van der Waals surface area contributed by atoms with Gasteiger partial charge >= 0.3 is 0 Å². The summed E-state index contributed by atoms with van der Waals surface area (Å²) in [5, 5.41) is 9.75. The summed E-state index contributed by atoms with van der Waals surface area (Å²) in [6.45, 7) is 2.83. The summed E-state index contributed by atoms with van der Waals surface area (Å²) in [7, 11) is 0. The molecule has 16 heavy (non-hydrogen) atoms. The summed E-state index contributed by atoms with van der Waals surface area (Å²) in [5.74, 6) is 0.432. The van der Waals surface area contributed by atoms with Crippen molar-refractivity contribution in [2.24, 2.45) is 5.73 Å². The summed E-state index contributed by atoms with van der Waals surface area (Å²) in [5.41, 5.74) is 7.92. The van der Waals surface area contributed by atoms with E-state index >= 15 is 0 Å². The van der Waals surface area contributed by atoms with Gasteiger partial charge < -0.3 is 10.8 Å². The van der Waals surface area contributed by atoms with Gasteiger partial charge in [0.15, 0.2) is 0 Å². The van der Waals surface area contributed by atoms with Crippen LogP contribution in [-0.4, -0.2) is 17.3 Å². The van der Waals surface area contributed by atoms with Gasteiger partial charge in [0.25, 0.3) is 0 Å². The van der Waals surface area contributed by atoms with Crippen LogP contribution in [0, 0.1) is 0 Å². The number of hydrogen-bond donors (Lipinski definition) is 2. The highest BCUT2D eigenvalue weighted by molar-refractivity contribution is 5.25. The molecule has 1 fully saturated rings. The lowest BCUT2D eigenvalue weighted by Crippen LogP contribution is -2.09. The van der Waals surface area contributed by atoms with E-state index in [0.717, 1.165) is 25.7 Å². The predicted molar refractivity (Wildman–Crippen MR) is 66.4 cm³/mol. The van der Waals surface area contributed by atoms with Gasteiger partial charge in [-0.2, -0.15) is 0 Å². The summed E-state index contributed by atoms with van der Waals surface area (Å²) >= 11 is 0. The molecule has 2 rings (SSSR count). The summed E-state index contributed by atoms with van der Waals surface area (Å²) in [6.07, 6.45) is 3.84. The quantitative estimate of drug-likeness (QED) is 0.797. The van der Waals surface area contributed by atoms with E-state index in [4.69, 9.17) is 5.73 Å². The SMILES string of the molecule is CC(CN)c1ccc(CCC2(O)CC2)cc1. The zero-order valence-electron chi connectivity index (χ0n) is 9.95. The molecular formula is C14H21NO. The van der Waals surface area contributed by atoms with Crippen molar-refractivity contribution in [3.8, 4) is 0 Å². The number of hydrogen-bond acceptors (Lipinski definition) is 2. The molecule has 0 aromatic heterocycles. The van der Waals surface area contributed by atoms with Crippen molar-refractivity contribution >= 4 is 0 Å². The third kappa shape index (κ3) is 2.83. The number of aryl methyl sites for hydroxylation is 1. The van der Waals surface area contributed by atoms with Gasteiger partial charge in [0, 0.05) is 0 Å². The van der Waals surface area contributed by atoms with Crippen molar-refractivity contribution in [3.05, 3.63) is 35.4 Å². The Morgan fingerprint density at radius 1 is 1.31 bits per heavy atom. The third-order valence-electron chi connectivity index (χ3n) is 3.61. The Bertz CT molecular complexity index is 340. The first-order valence-electron chi connectivity index (χ1n) is 6.14. The minimum Gasteiger partial charge on any atom is -0.390 e. The van der Waals surface area contributed by atoms with Crippen molar-refractivity contribution in [3.63, 3.8) is 0 Å². The first-order valence-corrected chi connectivity index (χ1v) is 6.14. The lowest BCUT2D eigenvalue weighted by Gasteiger charge is -2.11. The molecule has 1 aromatic carbocycles. The molecule has 2 heteroatoms.